The normalized spacial score (nSPS) is 24.3. The smallest absolute Gasteiger partial charge is 0.0701 e. The largest absolute Gasteiger partial charge is 0.379 e. The van der Waals surface area contributed by atoms with Crippen LogP contribution in [0.25, 0.3) is 0 Å². The van der Waals surface area contributed by atoms with Gasteiger partial charge < -0.3 is 19.9 Å². The average molecular weight is 259 g/mol. The van der Waals surface area contributed by atoms with Crippen molar-refractivity contribution in [1.82, 2.24) is 0 Å². The number of hydrogen-bond acceptors (Lipinski definition) is 4. The third-order valence-electron chi connectivity index (χ3n) is 3.50. The van der Waals surface area contributed by atoms with E-state index in [1.807, 2.05) is 0 Å². The molecule has 1 aliphatic rings. The molecule has 1 rings (SSSR count). The molecule has 0 aromatic rings. The third-order valence-corrected chi connectivity index (χ3v) is 3.50. The second-order valence-corrected chi connectivity index (χ2v) is 5.21. The van der Waals surface area contributed by atoms with E-state index in [-0.39, 0.29) is 0 Å². The minimum Gasteiger partial charge on any atom is -0.379 e. The molecular weight excluding hydrogens is 230 g/mol. The molecule has 4 nitrogen and oxygen atoms in total. The van der Waals surface area contributed by atoms with Gasteiger partial charge in [0.05, 0.1) is 33.0 Å². The van der Waals surface area contributed by atoms with E-state index >= 15 is 0 Å². The summed E-state index contributed by atoms with van der Waals surface area (Å²) in [4.78, 5) is 0. The maximum Gasteiger partial charge on any atom is 0.0701 e. The average Bonchev–Trinajstić information content (AvgIpc) is 2.39. The molecule has 18 heavy (non-hydrogen) atoms. The topological polar surface area (TPSA) is 53.7 Å². The zero-order chi connectivity index (χ0) is 13.1. The van der Waals surface area contributed by atoms with Crippen LogP contribution in [0, 0.1) is 11.8 Å². The predicted octanol–water partition coefficient (Wildman–Crippen LogP) is 1.82. The van der Waals surface area contributed by atoms with Gasteiger partial charge in [-0.25, -0.2) is 0 Å². The second-order valence-electron chi connectivity index (χ2n) is 5.21. The lowest BCUT2D eigenvalue weighted by atomic mass is 9.83. The van der Waals surface area contributed by atoms with Gasteiger partial charge in [0.25, 0.3) is 0 Å². The molecule has 2 N–H and O–H groups in total. The van der Waals surface area contributed by atoms with Crippen LogP contribution in [0.3, 0.4) is 0 Å². The predicted molar refractivity (Wildman–Crippen MR) is 72.6 cm³/mol. The van der Waals surface area contributed by atoms with E-state index in [9.17, 15) is 0 Å². The van der Waals surface area contributed by atoms with E-state index in [4.69, 9.17) is 19.9 Å². The Labute approximate surface area is 111 Å². The van der Waals surface area contributed by atoms with Gasteiger partial charge in [-0.2, -0.15) is 0 Å². The summed E-state index contributed by atoms with van der Waals surface area (Å²) in [6.07, 6.45) is 5.38. The zero-order valence-corrected chi connectivity index (χ0v) is 11.7. The van der Waals surface area contributed by atoms with Gasteiger partial charge in [0.1, 0.15) is 0 Å². The van der Waals surface area contributed by atoms with Crippen LogP contribution >= 0.6 is 0 Å². The standard InChI is InChI=1S/C14H29NO3/c1-13-2-4-14(5-3-13)12-18-11-10-17-9-8-16-7-6-15/h13-14H,2-12,15H2,1H3/t13-,14-. The molecule has 0 aliphatic heterocycles. The van der Waals surface area contributed by atoms with Gasteiger partial charge in [-0.1, -0.05) is 19.8 Å². The molecule has 0 amide bonds. The minimum atomic E-state index is 0.573. The fourth-order valence-corrected chi connectivity index (χ4v) is 2.27. The Morgan fingerprint density at radius 1 is 0.833 bits per heavy atom. The van der Waals surface area contributed by atoms with Gasteiger partial charge >= 0.3 is 0 Å². The van der Waals surface area contributed by atoms with Crippen LogP contribution in [0.4, 0.5) is 0 Å². The Bertz CT molecular complexity index is 182. The Hall–Kier alpha value is -0.160. The molecule has 0 unspecified atom stereocenters. The first-order valence-electron chi connectivity index (χ1n) is 7.26. The van der Waals surface area contributed by atoms with Gasteiger partial charge in [0.15, 0.2) is 0 Å². The fourth-order valence-electron chi connectivity index (χ4n) is 2.27. The summed E-state index contributed by atoms with van der Waals surface area (Å²) in [6.45, 7) is 7.04. The van der Waals surface area contributed by atoms with E-state index in [2.05, 4.69) is 6.92 Å². The molecule has 0 atom stereocenters. The molecule has 0 saturated heterocycles. The van der Waals surface area contributed by atoms with Gasteiger partial charge in [-0.15, -0.1) is 0 Å². The molecule has 0 aromatic heterocycles. The molecular formula is C14H29NO3. The molecule has 0 spiro atoms. The first-order chi connectivity index (χ1) is 8.83. The van der Waals surface area contributed by atoms with Crippen molar-refractivity contribution in [2.24, 2.45) is 17.6 Å². The van der Waals surface area contributed by atoms with Crippen LogP contribution in [0.5, 0.6) is 0 Å². The number of ether oxygens (including phenoxy) is 3. The Morgan fingerprint density at radius 2 is 1.39 bits per heavy atom. The van der Waals surface area contributed by atoms with E-state index in [1.54, 1.807) is 0 Å². The molecule has 0 aromatic carbocycles. The van der Waals surface area contributed by atoms with E-state index in [1.165, 1.54) is 25.7 Å². The highest BCUT2D eigenvalue weighted by Crippen LogP contribution is 2.28. The third kappa shape index (κ3) is 8.03. The van der Waals surface area contributed by atoms with Crippen molar-refractivity contribution in [2.45, 2.75) is 32.6 Å². The Morgan fingerprint density at radius 3 is 2.00 bits per heavy atom. The van der Waals surface area contributed by atoms with Crippen LogP contribution in [0.15, 0.2) is 0 Å². The first-order valence-corrected chi connectivity index (χ1v) is 7.26. The second kappa shape index (κ2) is 10.7. The first kappa shape index (κ1) is 15.9. The van der Waals surface area contributed by atoms with Crippen LogP contribution in [0.2, 0.25) is 0 Å². The summed E-state index contributed by atoms with van der Waals surface area (Å²) >= 11 is 0. The molecule has 1 saturated carbocycles. The quantitative estimate of drug-likeness (QED) is 0.608. The van der Waals surface area contributed by atoms with Gasteiger partial charge in [-0.3, -0.25) is 0 Å². The van der Waals surface area contributed by atoms with Gasteiger partial charge in [0, 0.05) is 13.2 Å². The van der Waals surface area contributed by atoms with Crippen LogP contribution in [-0.2, 0) is 14.2 Å². The van der Waals surface area contributed by atoms with Crippen molar-refractivity contribution in [3.63, 3.8) is 0 Å². The van der Waals surface area contributed by atoms with Crippen molar-refractivity contribution < 1.29 is 14.2 Å². The summed E-state index contributed by atoms with van der Waals surface area (Å²) in [6, 6.07) is 0. The minimum absolute atomic E-state index is 0.573. The highest BCUT2D eigenvalue weighted by atomic mass is 16.5. The lowest BCUT2D eigenvalue weighted by Gasteiger charge is -2.25. The lowest BCUT2D eigenvalue weighted by molar-refractivity contribution is 0.00431. The molecule has 1 aliphatic carbocycles. The summed E-state index contributed by atoms with van der Waals surface area (Å²) in [5.74, 6) is 1.69. The highest BCUT2D eigenvalue weighted by molar-refractivity contribution is 4.69. The highest BCUT2D eigenvalue weighted by Gasteiger charge is 2.17. The number of rotatable bonds is 10. The molecule has 108 valence electrons. The molecule has 1 fully saturated rings. The van der Waals surface area contributed by atoms with Crippen LogP contribution in [-0.4, -0.2) is 46.2 Å². The van der Waals surface area contributed by atoms with Crippen molar-refractivity contribution in [3.8, 4) is 0 Å². The molecule has 4 heteroatoms. The van der Waals surface area contributed by atoms with Crippen LogP contribution in [0.1, 0.15) is 32.6 Å². The summed E-state index contributed by atoms with van der Waals surface area (Å²) < 4.78 is 16.2. The fraction of sp³-hybridized carbons (Fsp3) is 1.00. The monoisotopic (exact) mass is 259 g/mol. The van der Waals surface area contributed by atoms with Crippen molar-refractivity contribution in [2.75, 3.05) is 46.2 Å². The van der Waals surface area contributed by atoms with Crippen molar-refractivity contribution in [3.05, 3.63) is 0 Å². The maximum atomic E-state index is 5.65. The van der Waals surface area contributed by atoms with Gasteiger partial charge in [0.2, 0.25) is 0 Å². The Kier molecular flexibility index (Phi) is 9.48. The SMILES string of the molecule is C[C@H]1CC[C@H](COCCOCCOCCN)CC1. The summed E-state index contributed by atoms with van der Waals surface area (Å²) in [5.41, 5.74) is 5.30. The maximum absolute atomic E-state index is 5.65. The van der Waals surface area contributed by atoms with Crippen molar-refractivity contribution >= 4 is 0 Å². The molecule has 0 radical (unpaired) electrons. The number of hydrogen-bond donors (Lipinski definition) is 1. The number of nitrogens with two attached hydrogens (primary N) is 1. The van der Waals surface area contributed by atoms with Crippen molar-refractivity contribution in [1.29, 1.82) is 0 Å². The van der Waals surface area contributed by atoms with Gasteiger partial charge in [-0.05, 0) is 24.7 Å². The Balaban J connectivity index is 1.78. The van der Waals surface area contributed by atoms with Crippen LogP contribution < -0.4 is 5.73 Å². The summed E-state index contributed by atoms with van der Waals surface area (Å²) in [7, 11) is 0. The molecule has 0 heterocycles. The van der Waals surface area contributed by atoms with E-state index in [0.29, 0.717) is 39.6 Å². The lowest BCUT2D eigenvalue weighted by Crippen LogP contribution is -2.19. The molecule has 0 bridgehead atoms. The summed E-state index contributed by atoms with van der Waals surface area (Å²) in [5, 5.41) is 0. The zero-order valence-electron chi connectivity index (χ0n) is 11.7. The van der Waals surface area contributed by atoms with E-state index < -0.39 is 0 Å². The van der Waals surface area contributed by atoms with E-state index in [0.717, 1.165) is 18.4 Å².